The quantitative estimate of drug-likeness (QED) is 0.260. The van der Waals surface area contributed by atoms with E-state index in [0.717, 1.165) is 19.3 Å². The molecule has 110 valence electrons. The molecule has 0 aromatic heterocycles. The maximum Gasteiger partial charge on any atom is 0.314 e. The van der Waals surface area contributed by atoms with Crippen molar-refractivity contribution in [3.63, 3.8) is 0 Å². The number of carbonyl (C=O) groups is 1. The van der Waals surface area contributed by atoms with Crippen LogP contribution in [0, 0.1) is 5.92 Å². The molecule has 1 atom stereocenters. The number of carbonyl (C=O) groups excluding carboxylic acids is 1. The lowest BCUT2D eigenvalue weighted by atomic mass is 10.0. The number of rotatable bonds is 8. The summed E-state index contributed by atoms with van der Waals surface area (Å²) in [4.78, 5) is 11.8. The van der Waals surface area contributed by atoms with Gasteiger partial charge >= 0.3 is 5.97 Å². The van der Waals surface area contributed by atoms with Crippen LogP contribution in [0.25, 0.3) is 0 Å². The van der Waals surface area contributed by atoms with E-state index in [1.165, 1.54) is 11.8 Å². The topological polar surface area (TPSA) is 58.9 Å². The van der Waals surface area contributed by atoms with Gasteiger partial charge in [-0.15, -0.1) is 5.16 Å². The Kier molecular flexibility index (Phi) is 7.40. The second kappa shape index (κ2) is 9.13. The van der Waals surface area contributed by atoms with Crippen LogP contribution in [-0.4, -0.2) is 23.5 Å². The predicted molar refractivity (Wildman–Crippen MR) is 79.0 cm³/mol. The van der Waals surface area contributed by atoms with Gasteiger partial charge in [0.05, 0.1) is 18.2 Å². The number of benzene rings is 1. The van der Waals surface area contributed by atoms with E-state index in [9.17, 15) is 4.79 Å². The predicted octanol–water partition coefficient (Wildman–Crippen LogP) is 3.43. The number of hydrogen-bond donors (Lipinski definition) is 1. The zero-order chi connectivity index (χ0) is 14.8. The minimum atomic E-state index is -0.460. The Bertz CT molecular complexity index is 415. The van der Waals surface area contributed by atoms with Crippen molar-refractivity contribution in [2.24, 2.45) is 11.1 Å². The van der Waals surface area contributed by atoms with Crippen LogP contribution in [0.3, 0.4) is 0 Å². The van der Waals surface area contributed by atoms with Gasteiger partial charge in [0.15, 0.2) is 0 Å². The van der Waals surface area contributed by atoms with Gasteiger partial charge in [-0.05, 0) is 38.7 Å². The van der Waals surface area contributed by atoms with Gasteiger partial charge in [-0.3, -0.25) is 4.79 Å². The van der Waals surface area contributed by atoms with Crippen LogP contribution in [-0.2, 0) is 16.0 Å². The lowest BCUT2D eigenvalue weighted by Gasteiger charge is -2.13. The zero-order valence-electron chi connectivity index (χ0n) is 12.2. The number of ether oxygens (including phenoxy) is 1. The van der Waals surface area contributed by atoms with Crippen molar-refractivity contribution in [2.75, 3.05) is 0 Å². The minimum absolute atomic E-state index is 0.151. The Hall–Kier alpha value is -1.84. The Morgan fingerprint density at radius 2 is 2.00 bits per heavy atom. The van der Waals surface area contributed by atoms with E-state index < -0.39 is 5.92 Å². The van der Waals surface area contributed by atoms with Crippen LogP contribution < -0.4 is 0 Å². The molecule has 1 N–H and O–H groups in total. The first-order chi connectivity index (χ1) is 9.63. The maximum atomic E-state index is 11.8. The summed E-state index contributed by atoms with van der Waals surface area (Å²) in [5, 5.41) is 11.6. The highest BCUT2D eigenvalue weighted by Crippen LogP contribution is 2.13. The molecule has 0 aliphatic carbocycles. The number of oxime groups is 1. The van der Waals surface area contributed by atoms with Crippen molar-refractivity contribution in [3.05, 3.63) is 35.9 Å². The average Bonchev–Trinajstić information content (AvgIpc) is 2.42. The Balaban J connectivity index is 2.34. The summed E-state index contributed by atoms with van der Waals surface area (Å²) in [6.07, 6.45) is 4.62. The summed E-state index contributed by atoms with van der Waals surface area (Å²) in [5.74, 6) is -0.782. The lowest BCUT2D eigenvalue weighted by molar-refractivity contribution is -0.150. The molecule has 1 aromatic rings. The van der Waals surface area contributed by atoms with E-state index in [0.29, 0.717) is 6.42 Å². The highest BCUT2D eigenvalue weighted by molar-refractivity contribution is 5.89. The van der Waals surface area contributed by atoms with Crippen LogP contribution in [0.2, 0.25) is 0 Å². The number of aryl methyl sites for hydroxylation is 1. The lowest BCUT2D eigenvalue weighted by Crippen LogP contribution is -2.22. The first-order valence-corrected chi connectivity index (χ1v) is 7.05. The first-order valence-electron chi connectivity index (χ1n) is 7.05. The van der Waals surface area contributed by atoms with Gasteiger partial charge in [0.2, 0.25) is 0 Å². The van der Waals surface area contributed by atoms with Gasteiger partial charge in [0.25, 0.3) is 0 Å². The molecular weight excluding hydrogens is 254 g/mol. The van der Waals surface area contributed by atoms with E-state index in [2.05, 4.69) is 17.3 Å². The monoisotopic (exact) mass is 277 g/mol. The Labute approximate surface area is 120 Å². The zero-order valence-corrected chi connectivity index (χ0v) is 12.2. The van der Waals surface area contributed by atoms with Crippen molar-refractivity contribution in [2.45, 2.75) is 45.6 Å². The molecule has 0 bridgehead atoms. The molecule has 4 nitrogen and oxygen atoms in total. The highest BCUT2D eigenvalue weighted by Gasteiger charge is 2.18. The number of nitrogens with zero attached hydrogens (tertiary/aromatic N) is 1. The van der Waals surface area contributed by atoms with Crippen LogP contribution in [0.4, 0.5) is 0 Å². The molecule has 0 aliphatic heterocycles. The molecular formula is C16H23NO3. The number of hydrogen-bond acceptors (Lipinski definition) is 4. The van der Waals surface area contributed by atoms with E-state index in [-0.39, 0.29) is 12.1 Å². The van der Waals surface area contributed by atoms with Crippen LogP contribution in [0.15, 0.2) is 35.5 Å². The van der Waals surface area contributed by atoms with Crippen molar-refractivity contribution in [1.82, 2.24) is 0 Å². The molecule has 0 aliphatic rings. The summed E-state index contributed by atoms with van der Waals surface area (Å²) in [5.41, 5.74) is 1.30. The van der Waals surface area contributed by atoms with Gasteiger partial charge < -0.3 is 9.94 Å². The van der Waals surface area contributed by atoms with E-state index >= 15 is 0 Å². The fourth-order valence-electron chi connectivity index (χ4n) is 1.99. The molecule has 0 saturated carbocycles. The third-order valence-electron chi connectivity index (χ3n) is 2.97. The number of esters is 1. The average molecular weight is 277 g/mol. The van der Waals surface area contributed by atoms with Crippen molar-refractivity contribution >= 4 is 12.2 Å². The molecule has 0 spiro atoms. The maximum absolute atomic E-state index is 11.8. The fraction of sp³-hybridized carbons (Fsp3) is 0.500. The van der Waals surface area contributed by atoms with Gasteiger partial charge in [-0.25, -0.2) is 0 Å². The van der Waals surface area contributed by atoms with Crippen molar-refractivity contribution in [3.8, 4) is 0 Å². The Morgan fingerprint density at radius 3 is 2.60 bits per heavy atom. The van der Waals surface area contributed by atoms with Gasteiger partial charge in [-0.2, -0.15) is 0 Å². The van der Waals surface area contributed by atoms with Gasteiger partial charge in [-0.1, -0.05) is 36.8 Å². The molecule has 1 unspecified atom stereocenters. The summed E-state index contributed by atoms with van der Waals surface area (Å²) in [7, 11) is 0. The van der Waals surface area contributed by atoms with Crippen LogP contribution >= 0.6 is 0 Å². The minimum Gasteiger partial charge on any atom is -0.462 e. The molecule has 0 amide bonds. The summed E-state index contributed by atoms with van der Waals surface area (Å²) in [6, 6.07) is 10.2. The van der Waals surface area contributed by atoms with Gasteiger partial charge in [0.1, 0.15) is 0 Å². The smallest absolute Gasteiger partial charge is 0.314 e. The molecule has 0 saturated heterocycles. The molecule has 4 heteroatoms. The van der Waals surface area contributed by atoms with Crippen molar-refractivity contribution < 1.29 is 14.7 Å². The second-order valence-corrected chi connectivity index (χ2v) is 5.09. The summed E-state index contributed by atoms with van der Waals surface area (Å²) in [6.45, 7) is 3.61. The summed E-state index contributed by atoms with van der Waals surface area (Å²) < 4.78 is 5.14. The van der Waals surface area contributed by atoms with E-state index in [4.69, 9.17) is 9.94 Å². The second-order valence-electron chi connectivity index (χ2n) is 5.09. The third-order valence-corrected chi connectivity index (χ3v) is 2.97. The Morgan fingerprint density at radius 1 is 1.30 bits per heavy atom. The standard InChI is InChI=1S/C16H23NO3/c1-13(2)20-16(18)15(12-17-19)11-7-6-10-14-8-4-3-5-9-14/h3-5,8-9,12-13,15,19H,6-7,10-11H2,1-2H3/b17-12-. The molecule has 20 heavy (non-hydrogen) atoms. The van der Waals surface area contributed by atoms with Gasteiger partial charge in [0, 0.05) is 0 Å². The first kappa shape index (κ1) is 16.2. The molecule has 1 aromatic carbocycles. The molecule has 0 heterocycles. The molecule has 0 radical (unpaired) electrons. The van der Waals surface area contributed by atoms with Crippen LogP contribution in [0.1, 0.15) is 38.7 Å². The largest absolute Gasteiger partial charge is 0.462 e. The van der Waals surface area contributed by atoms with E-state index in [1.807, 2.05) is 18.2 Å². The fourth-order valence-corrected chi connectivity index (χ4v) is 1.99. The summed E-state index contributed by atoms with van der Waals surface area (Å²) >= 11 is 0. The number of unbranched alkanes of at least 4 members (excludes halogenated alkanes) is 1. The van der Waals surface area contributed by atoms with E-state index in [1.54, 1.807) is 13.8 Å². The SMILES string of the molecule is CC(C)OC(=O)C(/C=N\O)CCCCc1ccccc1. The normalized spacial score (nSPS) is 12.8. The third kappa shape index (κ3) is 6.36. The highest BCUT2D eigenvalue weighted by atomic mass is 16.5. The molecule has 0 fully saturated rings. The van der Waals surface area contributed by atoms with Crippen LogP contribution in [0.5, 0.6) is 0 Å². The molecule has 1 rings (SSSR count). The van der Waals surface area contributed by atoms with Crippen molar-refractivity contribution in [1.29, 1.82) is 0 Å².